The van der Waals surface area contributed by atoms with Crippen LogP contribution in [0.15, 0.2) is 36.5 Å². The fourth-order valence-corrected chi connectivity index (χ4v) is 3.50. The van der Waals surface area contributed by atoms with Gasteiger partial charge in [-0.05, 0) is 24.5 Å². The van der Waals surface area contributed by atoms with Crippen LogP contribution in [0, 0.1) is 5.92 Å². The number of rotatable bonds is 5. The second-order valence-electron chi connectivity index (χ2n) is 7.09. The SMILES string of the molecule is CCc1c(C(=O)N2CCN(CC(C)C)CC2)cnn1-c1ccccc1. The van der Waals surface area contributed by atoms with E-state index in [1.165, 1.54) is 0 Å². The van der Waals surface area contributed by atoms with Gasteiger partial charge in [0.2, 0.25) is 0 Å². The van der Waals surface area contributed by atoms with E-state index in [1.807, 2.05) is 39.9 Å². The first-order valence-corrected chi connectivity index (χ1v) is 9.24. The number of hydrogen-bond donors (Lipinski definition) is 0. The first kappa shape index (κ1) is 17.7. The van der Waals surface area contributed by atoms with E-state index in [-0.39, 0.29) is 5.91 Å². The van der Waals surface area contributed by atoms with E-state index in [0.29, 0.717) is 5.92 Å². The molecule has 1 saturated heterocycles. The van der Waals surface area contributed by atoms with Crippen LogP contribution in [0.5, 0.6) is 0 Å². The summed E-state index contributed by atoms with van der Waals surface area (Å²) in [7, 11) is 0. The summed E-state index contributed by atoms with van der Waals surface area (Å²) in [6.45, 7) is 11.2. The van der Waals surface area contributed by atoms with Gasteiger partial charge in [-0.1, -0.05) is 39.0 Å². The Bertz CT molecular complexity index is 700. The van der Waals surface area contributed by atoms with Gasteiger partial charge in [-0.3, -0.25) is 9.69 Å². The minimum atomic E-state index is 0.114. The zero-order chi connectivity index (χ0) is 17.8. The third-order valence-electron chi connectivity index (χ3n) is 4.72. The summed E-state index contributed by atoms with van der Waals surface area (Å²) in [5.74, 6) is 0.779. The molecule has 0 bridgehead atoms. The lowest BCUT2D eigenvalue weighted by Gasteiger charge is -2.35. The molecule has 134 valence electrons. The van der Waals surface area contributed by atoms with Crippen LogP contribution in [0.3, 0.4) is 0 Å². The van der Waals surface area contributed by atoms with E-state index in [1.54, 1.807) is 6.20 Å². The van der Waals surface area contributed by atoms with Gasteiger partial charge in [0.05, 0.1) is 23.1 Å². The Morgan fingerprint density at radius 2 is 1.80 bits per heavy atom. The van der Waals surface area contributed by atoms with Crippen molar-refractivity contribution in [3.63, 3.8) is 0 Å². The molecule has 25 heavy (non-hydrogen) atoms. The smallest absolute Gasteiger partial charge is 0.257 e. The predicted octanol–water partition coefficient (Wildman–Crippen LogP) is 2.85. The molecule has 1 amide bonds. The molecule has 5 heteroatoms. The standard InChI is InChI=1S/C20H28N4O/c1-4-19-18(14-21-24(19)17-8-6-5-7-9-17)20(25)23-12-10-22(11-13-23)15-16(2)3/h5-9,14,16H,4,10-13,15H2,1-3H3. The number of carbonyl (C=O) groups is 1. The average molecular weight is 340 g/mol. The van der Waals surface area contributed by atoms with Gasteiger partial charge in [0.25, 0.3) is 5.91 Å². The van der Waals surface area contributed by atoms with E-state index >= 15 is 0 Å². The lowest BCUT2D eigenvalue weighted by atomic mass is 10.1. The van der Waals surface area contributed by atoms with Gasteiger partial charge in [0.1, 0.15) is 0 Å². The highest BCUT2D eigenvalue weighted by Gasteiger charge is 2.26. The lowest BCUT2D eigenvalue weighted by molar-refractivity contribution is 0.0622. The maximum Gasteiger partial charge on any atom is 0.257 e. The quantitative estimate of drug-likeness (QED) is 0.840. The van der Waals surface area contributed by atoms with E-state index < -0.39 is 0 Å². The Balaban J connectivity index is 1.74. The number of benzene rings is 1. The first-order chi connectivity index (χ1) is 12.1. The molecule has 0 unspecified atom stereocenters. The Kier molecular flexibility index (Phi) is 5.53. The molecule has 0 saturated carbocycles. The molecule has 0 aliphatic carbocycles. The third kappa shape index (κ3) is 3.93. The van der Waals surface area contributed by atoms with Crippen molar-refractivity contribution in [1.82, 2.24) is 19.6 Å². The normalized spacial score (nSPS) is 15.8. The highest BCUT2D eigenvalue weighted by Crippen LogP contribution is 2.18. The van der Waals surface area contributed by atoms with Crippen molar-refractivity contribution in [1.29, 1.82) is 0 Å². The Labute approximate surface area is 150 Å². The number of amides is 1. The van der Waals surface area contributed by atoms with Crippen molar-refractivity contribution >= 4 is 5.91 Å². The van der Waals surface area contributed by atoms with Gasteiger partial charge in [-0.25, -0.2) is 4.68 Å². The van der Waals surface area contributed by atoms with Crippen LogP contribution in [-0.4, -0.2) is 58.2 Å². The number of carbonyl (C=O) groups excluding carboxylic acids is 1. The fourth-order valence-electron chi connectivity index (χ4n) is 3.50. The molecule has 1 aromatic carbocycles. The fraction of sp³-hybridized carbons (Fsp3) is 0.500. The molecule has 1 aliphatic rings. The molecule has 1 aromatic heterocycles. The zero-order valence-corrected chi connectivity index (χ0v) is 15.5. The third-order valence-corrected chi connectivity index (χ3v) is 4.72. The molecule has 2 aromatic rings. The van der Waals surface area contributed by atoms with Gasteiger partial charge < -0.3 is 4.90 Å². The van der Waals surface area contributed by atoms with Crippen molar-refractivity contribution in [2.75, 3.05) is 32.7 Å². The van der Waals surface area contributed by atoms with Gasteiger partial charge in [0.15, 0.2) is 0 Å². The highest BCUT2D eigenvalue weighted by atomic mass is 16.2. The summed E-state index contributed by atoms with van der Waals surface area (Å²) in [5.41, 5.74) is 2.73. The maximum atomic E-state index is 13.0. The number of para-hydroxylation sites is 1. The Morgan fingerprint density at radius 3 is 2.40 bits per heavy atom. The van der Waals surface area contributed by atoms with Crippen LogP contribution in [0.2, 0.25) is 0 Å². The number of piperazine rings is 1. The minimum absolute atomic E-state index is 0.114. The van der Waals surface area contributed by atoms with Crippen molar-refractivity contribution in [2.24, 2.45) is 5.92 Å². The molecule has 0 atom stereocenters. The molecule has 0 spiro atoms. The molecule has 2 heterocycles. The van der Waals surface area contributed by atoms with Crippen LogP contribution in [0.1, 0.15) is 36.8 Å². The molecule has 0 radical (unpaired) electrons. The molecular weight excluding hydrogens is 312 g/mol. The molecule has 3 rings (SSSR count). The molecule has 1 fully saturated rings. The van der Waals surface area contributed by atoms with Gasteiger partial charge >= 0.3 is 0 Å². The van der Waals surface area contributed by atoms with E-state index in [4.69, 9.17) is 0 Å². The maximum absolute atomic E-state index is 13.0. The Hall–Kier alpha value is -2.14. The summed E-state index contributed by atoms with van der Waals surface area (Å²) >= 11 is 0. The van der Waals surface area contributed by atoms with E-state index in [2.05, 4.69) is 30.8 Å². The second-order valence-corrected chi connectivity index (χ2v) is 7.09. The van der Waals surface area contributed by atoms with Gasteiger partial charge in [-0.2, -0.15) is 5.10 Å². The first-order valence-electron chi connectivity index (χ1n) is 9.24. The topological polar surface area (TPSA) is 41.4 Å². The van der Waals surface area contributed by atoms with Crippen LogP contribution in [0.4, 0.5) is 0 Å². The van der Waals surface area contributed by atoms with Crippen LogP contribution in [-0.2, 0) is 6.42 Å². The van der Waals surface area contributed by atoms with Gasteiger partial charge in [0, 0.05) is 32.7 Å². The average Bonchev–Trinajstić information content (AvgIpc) is 3.06. The predicted molar refractivity (Wildman–Crippen MR) is 100 cm³/mol. The summed E-state index contributed by atoms with van der Waals surface area (Å²) in [5, 5.41) is 4.49. The largest absolute Gasteiger partial charge is 0.336 e. The highest BCUT2D eigenvalue weighted by molar-refractivity contribution is 5.95. The number of hydrogen-bond acceptors (Lipinski definition) is 3. The molecule has 1 aliphatic heterocycles. The van der Waals surface area contributed by atoms with Crippen LogP contribution < -0.4 is 0 Å². The summed E-state index contributed by atoms with van der Waals surface area (Å²) in [6.07, 6.45) is 2.51. The molecular formula is C20H28N4O. The van der Waals surface area contributed by atoms with Crippen LogP contribution in [0.25, 0.3) is 5.69 Å². The number of aromatic nitrogens is 2. The monoisotopic (exact) mass is 340 g/mol. The zero-order valence-electron chi connectivity index (χ0n) is 15.5. The van der Waals surface area contributed by atoms with Crippen molar-refractivity contribution in [3.8, 4) is 5.69 Å². The van der Waals surface area contributed by atoms with Crippen molar-refractivity contribution < 1.29 is 4.79 Å². The summed E-state index contributed by atoms with van der Waals surface area (Å²) in [4.78, 5) is 17.4. The van der Waals surface area contributed by atoms with E-state index in [9.17, 15) is 4.79 Å². The lowest BCUT2D eigenvalue weighted by Crippen LogP contribution is -2.49. The van der Waals surface area contributed by atoms with E-state index in [0.717, 1.165) is 56.1 Å². The second kappa shape index (κ2) is 7.83. The Morgan fingerprint density at radius 1 is 1.12 bits per heavy atom. The molecule has 5 nitrogen and oxygen atoms in total. The van der Waals surface area contributed by atoms with Gasteiger partial charge in [-0.15, -0.1) is 0 Å². The van der Waals surface area contributed by atoms with Crippen molar-refractivity contribution in [2.45, 2.75) is 27.2 Å². The van der Waals surface area contributed by atoms with Crippen LogP contribution >= 0.6 is 0 Å². The minimum Gasteiger partial charge on any atom is -0.336 e. The number of nitrogens with zero attached hydrogens (tertiary/aromatic N) is 4. The summed E-state index contributed by atoms with van der Waals surface area (Å²) < 4.78 is 1.89. The molecule has 0 N–H and O–H groups in total. The summed E-state index contributed by atoms with van der Waals surface area (Å²) in [6, 6.07) is 10.0. The van der Waals surface area contributed by atoms with Crippen molar-refractivity contribution in [3.05, 3.63) is 47.8 Å².